The molecule has 34 heavy (non-hydrogen) atoms. The van der Waals surface area contributed by atoms with Crippen molar-refractivity contribution in [3.05, 3.63) is 120 Å². The predicted molar refractivity (Wildman–Crippen MR) is 135 cm³/mol. The molecule has 0 bridgehead atoms. The lowest BCUT2D eigenvalue weighted by atomic mass is 10.0. The van der Waals surface area contributed by atoms with Crippen LogP contribution in [0.4, 0.5) is 0 Å². The van der Waals surface area contributed by atoms with Gasteiger partial charge in [0.05, 0.1) is 30.5 Å². The summed E-state index contributed by atoms with van der Waals surface area (Å²) >= 11 is 5.81. The van der Waals surface area contributed by atoms with Gasteiger partial charge in [-0.1, -0.05) is 36.4 Å². The molecule has 1 fully saturated rings. The van der Waals surface area contributed by atoms with Crippen molar-refractivity contribution in [2.24, 2.45) is 0 Å². The number of hydrogen-bond acceptors (Lipinski definition) is 4. The third kappa shape index (κ3) is 4.18. The number of ether oxygens (including phenoxy) is 1. The third-order valence-electron chi connectivity index (χ3n) is 6.04. The van der Waals surface area contributed by atoms with Crippen molar-refractivity contribution < 1.29 is 9.53 Å². The molecule has 3 heterocycles. The van der Waals surface area contributed by atoms with E-state index in [1.54, 1.807) is 12.1 Å². The lowest BCUT2D eigenvalue weighted by Crippen LogP contribution is -2.30. The number of carbonyl (C=O) groups is 1. The summed E-state index contributed by atoms with van der Waals surface area (Å²) in [6.07, 6.45) is 3.83. The molecule has 170 valence electrons. The van der Waals surface area contributed by atoms with Gasteiger partial charge in [0.2, 0.25) is 0 Å². The van der Waals surface area contributed by atoms with Crippen LogP contribution >= 0.6 is 12.2 Å². The molecular formula is C27H24N4O2S. The predicted octanol–water partition coefficient (Wildman–Crippen LogP) is 4.83. The maximum Gasteiger partial charge on any atom is 0.337 e. The van der Waals surface area contributed by atoms with Gasteiger partial charge in [0.1, 0.15) is 0 Å². The van der Waals surface area contributed by atoms with Crippen molar-refractivity contribution in [1.82, 2.24) is 19.8 Å². The van der Waals surface area contributed by atoms with E-state index >= 15 is 0 Å². The zero-order valence-electron chi connectivity index (χ0n) is 18.7. The first-order valence-corrected chi connectivity index (χ1v) is 11.4. The molecule has 2 atom stereocenters. The zero-order chi connectivity index (χ0) is 23.5. The quantitative estimate of drug-likeness (QED) is 0.323. The topological polar surface area (TPSA) is 59.4 Å². The molecule has 4 aromatic rings. The molecule has 1 saturated heterocycles. The monoisotopic (exact) mass is 468 g/mol. The van der Waals surface area contributed by atoms with Crippen molar-refractivity contribution in [2.45, 2.75) is 18.6 Å². The number of nitrogens with zero attached hydrogens (tertiary/aromatic N) is 3. The minimum Gasteiger partial charge on any atom is -0.465 e. The number of nitrogens with one attached hydrogen (secondary N) is 1. The van der Waals surface area contributed by atoms with Crippen molar-refractivity contribution in [2.75, 3.05) is 7.11 Å². The second kappa shape index (κ2) is 9.49. The summed E-state index contributed by atoms with van der Waals surface area (Å²) in [5.74, 6) is -0.353. The molecule has 6 nitrogen and oxygen atoms in total. The average molecular weight is 469 g/mol. The number of benzene rings is 2. The van der Waals surface area contributed by atoms with Crippen LogP contribution in [0.15, 0.2) is 97.3 Å². The first-order valence-electron chi connectivity index (χ1n) is 11.0. The van der Waals surface area contributed by atoms with Crippen LogP contribution in [0.3, 0.4) is 0 Å². The maximum absolute atomic E-state index is 11.9. The van der Waals surface area contributed by atoms with Crippen LogP contribution in [0.2, 0.25) is 0 Å². The highest BCUT2D eigenvalue weighted by Gasteiger charge is 2.41. The van der Waals surface area contributed by atoms with Crippen molar-refractivity contribution in [3.8, 4) is 5.69 Å². The first-order chi connectivity index (χ1) is 16.7. The molecule has 0 aliphatic carbocycles. The summed E-state index contributed by atoms with van der Waals surface area (Å²) in [6, 6.07) is 27.6. The van der Waals surface area contributed by atoms with Gasteiger partial charge in [-0.05, 0) is 66.3 Å². The lowest BCUT2D eigenvalue weighted by Gasteiger charge is -2.29. The normalized spacial score (nSPS) is 17.4. The van der Waals surface area contributed by atoms with E-state index in [-0.39, 0.29) is 18.1 Å². The van der Waals surface area contributed by atoms with E-state index in [0.29, 0.717) is 17.2 Å². The molecule has 1 aliphatic rings. The molecule has 0 saturated carbocycles. The van der Waals surface area contributed by atoms with E-state index in [1.165, 1.54) is 12.7 Å². The van der Waals surface area contributed by atoms with Crippen molar-refractivity contribution in [3.63, 3.8) is 0 Å². The second-order valence-electron chi connectivity index (χ2n) is 8.08. The van der Waals surface area contributed by atoms with Gasteiger partial charge in [-0.15, -0.1) is 0 Å². The van der Waals surface area contributed by atoms with Gasteiger partial charge in [-0.25, -0.2) is 4.79 Å². The molecule has 0 amide bonds. The molecule has 2 aromatic heterocycles. The van der Waals surface area contributed by atoms with Gasteiger partial charge < -0.3 is 19.5 Å². The fourth-order valence-corrected chi connectivity index (χ4v) is 4.73. The summed E-state index contributed by atoms with van der Waals surface area (Å²) in [5, 5.41) is 4.20. The number of aromatic nitrogens is 2. The van der Waals surface area contributed by atoms with Gasteiger partial charge in [-0.2, -0.15) is 0 Å². The van der Waals surface area contributed by atoms with Crippen molar-refractivity contribution >= 4 is 23.3 Å². The fourth-order valence-electron chi connectivity index (χ4n) is 4.42. The Morgan fingerprint density at radius 1 is 1.00 bits per heavy atom. The molecule has 1 aliphatic heterocycles. The van der Waals surface area contributed by atoms with Gasteiger partial charge in [0, 0.05) is 30.3 Å². The molecule has 2 aromatic carbocycles. The highest BCUT2D eigenvalue weighted by atomic mass is 32.1. The van der Waals surface area contributed by atoms with E-state index < -0.39 is 0 Å². The molecule has 2 unspecified atom stereocenters. The first kappa shape index (κ1) is 21.9. The van der Waals surface area contributed by atoms with E-state index in [0.717, 1.165) is 17.1 Å². The minimum atomic E-state index is -0.353. The number of methoxy groups -OCH3 is 1. The van der Waals surface area contributed by atoms with E-state index in [9.17, 15) is 4.79 Å². The Morgan fingerprint density at radius 2 is 1.76 bits per heavy atom. The number of pyridine rings is 1. The molecular weight excluding hydrogens is 444 g/mol. The van der Waals surface area contributed by atoms with Crippen LogP contribution in [0.1, 0.15) is 39.4 Å². The number of rotatable bonds is 6. The Morgan fingerprint density at radius 3 is 2.47 bits per heavy atom. The van der Waals surface area contributed by atoms with E-state index in [4.69, 9.17) is 17.0 Å². The summed E-state index contributed by atoms with van der Waals surface area (Å²) < 4.78 is 6.97. The summed E-state index contributed by atoms with van der Waals surface area (Å²) in [5.41, 5.74) is 4.65. The maximum atomic E-state index is 11.9. The summed E-state index contributed by atoms with van der Waals surface area (Å²) in [4.78, 5) is 18.7. The van der Waals surface area contributed by atoms with Crippen LogP contribution in [0.5, 0.6) is 0 Å². The van der Waals surface area contributed by atoms with Gasteiger partial charge in [0.15, 0.2) is 5.11 Å². The Bertz CT molecular complexity index is 1290. The van der Waals surface area contributed by atoms with Crippen LogP contribution < -0.4 is 5.32 Å². The highest BCUT2D eigenvalue weighted by Crippen LogP contribution is 2.40. The fraction of sp³-hybridized carbons (Fsp3) is 0.148. The number of hydrogen-bond donors (Lipinski definition) is 1. The summed E-state index contributed by atoms with van der Waals surface area (Å²) in [6.45, 7) is 0.674. The van der Waals surface area contributed by atoms with Crippen LogP contribution in [0, 0.1) is 0 Å². The van der Waals surface area contributed by atoms with Gasteiger partial charge in [0.25, 0.3) is 0 Å². The van der Waals surface area contributed by atoms with Crippen molar-refractivity contribution in [1.29, 1.82) is 0 Å². The summed E-state index contributed by atoms with van der Waals surface area (Å²) in [7, 11) is 1.38. The number of thiocarbonyl (C=S) groups is 1. The molecule has 7 heteroatoms. The Balaban J connectivity index is 1.56. The molecule has 1 N–H and O–H groups in total. The van der Waals surface area contributed by atoms with Crippen LogP contribution in [-0.2, 0) is 11.3 Å². The van der Waals surface area contributed by atoms with E-state index in [1.807, 2.05) is 67.0 Å². The Labute approximate surface area is 203 Å². The number of esters is 1. The molecule has 0 spiro atoms. The molecule has 0 radical (unpaired) electrons. The standard InChI is InChI=1S/C27H24N4O2S/c1-33-26(32)20-12-14-21(15-13-20)30-17-7-11-23(30)25-24(22-10-5-6-16-28-22)29-27(34)31(25)18-19-8-3-2-4-9-19/h2-17,24-25H,18H2,1H3,(H,29,34). The van der Waals surface area contributed by atoms with Crippen LogP contribution in [-0.4, -0.2) is 32.6 Å². The third-order valence-corrected chi connectivity index (χ3v) is 6.40. The number of carbonyl (C=O) groups excluding carboxylic acids is 1. The molecule has 5 rings (SSSR count). The highest BCUT2D eigenvalue weighted by molar-refractivity contribution is 7.80. The van der Waals surface area contributed by atoms with Crippen LogP contribution in [0.25, 0.3) is 5.69 Å². The van der Waals surface area contributed by atoms with Gasteiger partial charge >= 0.3 is 5.97 Å². The average Bonchev–Trinajstić information content (AvgIpc) is 3.49. The lowest BCUT2D eigenvalue weighted by molar-refractivity contribution is 0.0600. The Kier molecular flexibility index (Phi) is 6.10. The van der Waals surface area contributed by atoms with Gasteiger partial charge in [-0.3, -0.25) is 4.98 Å². The van der Waals surface area contributed by atoms with E-state index in [2.05, 4.69) is 38.0 Å². The smallest absolute Gasteiger partial charge is 0.337 e. The largest absolute Gasteiger partial charge is 0.465 e. The zero-order valence-corrected chi connectivity index (χ0v) is 19.5. The SMILES string of the molecule is COC(=O)c1ccc(-n2cccc2C2C(c3ccccn3)NC(=S)N2Cc2ccccc2)cc1. The Hall–Kier alpha value is -3.97. The second-order valence-corrected chi connectivity index (χ2v) is 8.47. The minimum absolute atomic E-state index is 0.0853.